The molecule has 5 heteroatoms. The Hall–Kier alpha value is -1.88. The number of nitrogens with one attached hydrogen (secondary N) is 2. The van der Waals surface area contributed by atoms with Crippen molar-refractivity contribution >= 4 is 11.8 Å². The lowest BCUT2D eigenvalue weighted by Gasteiger charge is -2.08. The van der Waals surface area contributed by atoms with E-state index in [9.17, 15) is 9.59 Å². The van der Waals surface area contributed by atoms with Crippen LogP contribution in [0, 0.1) is 0 Å². The minimum atomic E-state index is -0.128. The van der Waals surface area contributed by atoms with Crippen molar-refractivity contribution in [1.29, 1.82) is 0 Å². The van der Waals surface area contributed by atoms with Crippen LogP contribution in [-0.2, 0) is 11.2 Å². The van der Waals surface area contributed by atoms with E-state index in [-0.39, 0.29) is 17.9 Å². The van der Waals surface area contributed by atoms with Crippen LogP contribution < -0.4 is 16.4 Å². The number of hydrogen-bond donors (Lipinski definition) is 3. The molecule has 0 saturated carbocycles. The van der Waals surface area contributed by atoms with Crippen molar-refractivity contribution in [2.75, 3.05) is 13.6 Å². The molecule has 4 N–H and O–H groups in total. The summed E-state index contributed by atoms with van der Waals surface area (Å²) in [5.74, 6) is -0.153. The maximum Gasteiger partial charge on any atom is 0.251 e. The van der Waals surface area contributed by atoms with Crippen molar-refractivity contribution in [3.8, 4) is 0 Å². The summed E-state index contributed by atoms with van der Waals surface area (Å²) in [6.45, 7) is 2.34. The van der Waals surface area contributed by atoms with Gasteiger partial charge in [0.1, 0.15) is 0 Å². The summed E-state index contributed by atoms with van der Waals surface area (Å²) in [6, 6.07) is 7.23. The summed E-state index contributed by atoms with van der Waals surface area (Å²) in [7, 11) is 1.60. The average molecular weight is 263 g/mol. The summed E-state index contributed by atoms with van der Waals surface area (Å²) in [6.07, 6.45) is 1.02. The molecule has 5 nitrogen and oxygen atoms in total. The van der Waals surface area contributed by atoms with Crippen LogP contribution >= 0.6 is 0 Å². The SMILES string of the molecule is CNC(=O)c1cccc(CCNC(=O)CC(C)N)c1. The van der Waals surface area contributed by atoms with Crippen molar-refractivity contribution < 1.29 is 9.59 Å². The zero-order valence-corrected chi connectivity index (χ0v) is 11.4. The smallest absolute Gasteiger partial charge is 0.251 e. The van der Waals surface area contributed by atoms with Crippen molar-refractivity contribution in [2.24, 2.45) is 5.73 Å². The van der Waals surface area contributed by atoms with Gasteiger partial charge in [-0.2, -0.15) is 0 Å². The van der Waals surface area contributed by atoms with Crippen molar-refractivity contribution in [3.63, 3.8) is 0 Å². The highest BCUT2D eigenvalue weighted by Gasteiger charge is 2.06. The first-order valence-electron chi connectivity index (χ1n) is 6.36. The molecule has 0 aliphatic rings. The highest BCUT2D eigenvalue weighted by Crippen LogP contribution is 2.05. The Kier molecular flexibility index (Phi) is 6.02. The van der Waals surface area contributed by atoms with Gasteiger partial charge in [0, 0.05) is 31.6 Å². The fourth-order valence-electron chi connectivity index (χ4n) is 1.72. The third-order valence-electron chi connectivity index (χ3n) is 2.66. The molecule has 1 rings (SSSR count). The van der Waals surface area contributed by atoms with E-state index in [2.05, 4.69) is 10.6 Å². The zero-order valence-electron chi connectivity index (χ0n) is 11.4. The van der Waals surface area contributed by atoms with Gasteiger partial charge in [-0.05, 0) is 31.0 Å². The molecule has 1 unspecified atom stereocenters. The quantitative estimate of drug-likeness (QED) is 0.696. The summed E-state index contributed by atoms with van der Waals surface area (Å²) < 4.78 is 0. The van der Waals surface area contributed by atoms with Crippen LogP contribution in [0.2, 0.25) is 0 Å². The van der Waals surface area contributed by atoms with Crippen LogP contribution in [0.5, 0.6) is 0 Å². The predicted molar refractivity (Wildman–Crippen MR) is 74.8 cm³/mol. The number of hydrogen-bond acceptors (Lipinski definition) is 3. The first kappa shape index (κ1) is 15.2. The van der Waals surface area contributed by atoms with Gasteiger partial charge in [-0.1, -0.05) is 12.1 Å². The van der Waals surface area contributed by atoms with Gasteiger partial charge in [-0.15, -0.1) is 0 Å². The van der Waals surface area contributed by atoms with Gasteiger partial charge >= 0.3 is 0 Å². The molecule has 2 amide bonds. The highest BCUT2D eigenvalue weighted by molar-refractivity contribution is 5.94. The van der Waals surface area contributed by atoms with E-state index in [0.29, 0.717) is 24.9 Å². The van der Waals surface area contributed by atoms with Crippen LogP contribution in [0.15, 0.2) is 24.3 Å². The Labute approximate surface area is 113 Å². The topological polar surface area (TPSA) is 84.2 Å². The van der Waals surface area contributed by atoms with Crippen LogP contribution in [0.1, 0.15) is 29.3 Å². The molecule has 1 atom stereocenters. The largest absolute Gasteiger partial charge is 0.356 e. The van der Waals surface area contributed by atoms with Gasteiger partial charge < -0.3 is 16.4 Å². The average Bonchev–Trinajstić information content (AvgIpc) is 2.37. The molecule has 0 aromatic heterocycles. The Morgan fingerprint density at radius 2 is 2.11 bits per heavy atom. The summed E-state index contributed by atoms with van der Waals surface area (Å²) in [5.41, 5.74) is 7.18. The summed E-state index contributed by atoms with van der Waals surface area (Å²) >= 11 is 0. The van der Waals surface area contributed by atoms with Crippen molar-refractivity contribution in [2.45, 2.75) is 25.8 Å². The second-order valence-corrected chi connectivity index (χ2v) is 4.56. The van der Waals surface area contributed by atoms with E-state index in [1.807, 2.05) is 18.2 Å². The van der Waals surface area contributed by atoms with Crippen LogP contribution in [0.25, 0.3) is 0 Å². The Balaban J connectivity index is 2.45. The van der Waals surface area contributed by atoms with E-state index < -0.39 is 0 Å². The molecule has 1 aromatic carbocycles. The van der Waals surface area contributed by atoms with E-state index in [1.54, 1.807) is 20.0 Å². The van der Waals surface area contributed by atoms with Crippen molar-refractivity contribution in [1.82, 2.24) is 10.6 Å². The molecule has 0 fully saturated rings. The van der Waals surface area contributed by atoms with Gasteiger partial charge in [0.2, 0.25) is 5.91 Å². The maximum atomic E-state index is 11.5. The summed E-state index contributed by atoms with van der Waals surface area (Å²) in [4.78, 5) is 22.9. The van der Waals surface area contributed by atoms with Crippen LogP contribution in [0.4, 0.5) is 0 Å². The number of benzene rings is 1. The van der Waals surface area contributed by atoms with E-state index in [0.717, 1.165) is 5.56 Å². The third kappa shape index (κ3) is 5.52. The maximum absolute atomic E-state index is 11.5. The molecule has 0 spiro atoms. The third-order valence-corrected chi connectivity index (χ3v) is 2.66. The molecule has 104 valence electrons. The van der Waals surface area contributed by atoms with Gasteiger partial charge in [-0.3, -0.25) is 9.59 Å². The molecular formula is C14H21N3O2. The standard InChI is InChI=1S/C14H21N3O2/c1-10(15)8-13(18)17-7-6-11-4-3-5-12(9-11)14(19)16-2/h3-5,9-10H,6-8,15H2,1-2H3,(H,16,19)(H,17,18). The fourth-order valence-corrected chi connectivity index (χ4v) is 1.72. The van der Waals surface area contributed by atoms with Gasteiger partial charge in [0.05, 0.1) is 0 Å². The lowest BCUT2D eigenvalue weighted by Crippen LogP contribution is -2.31. The first-order valence-corrected chi connectivity index (χ1v) is 6.36. The number of carbonyl (C=O) groups is 2. The van der Waals surface area contributed by atoms with Gasteiger partial charge in [0.15, 0.2) is 0 Å². The van der Waals surface area contributed by atoms with E-state index in [1.165, 1.54) is 0 Å². The second kappa shape index (κ2) is 7.53. The molecule has 0 radical (unpaired) electrons. The van der Waals surface area contributed by atoms with Crippen LogP contribution in [0.3, 0.4) is 0 Å². The molecule has 0 aliphatic carbocycles. The van der Waals surface area contributed by atoms with Crippen molar-refractivity contribution in [3.05, 3.63) is 35.4 Å². The predicted octanol–water partition coefficient (Wildman–Crippen LogP) is 0.442. The summed E-state index contributed by atoms with van der Waals surface area (Å²) in [5, 5.41) is 5.39. The monoisotopic (exact) mass is 263 g/mol. The molecule has 0 heterocycles. The Morgan fingerprint density at radius 3 is 2.74 bits per heavy atom. The Bertz CT molecular complexity index is 444. The van der Waals surface area contributed by atoms with Gasteiger partial charge in [-0.25, -0.2) is 0 Å². The number of nitrogens with two attached hydrogens (primary N) is 1. The van der Waals surface area contributed by atoms with E-state index in [4.69, 9.17) is 5.73 Å². The Morgan fingerprint density at radius 1 is 1.37 bits per heavy atom. The lowest BCUT2D eigenvalue weighted by molar-refractivity contribution is -0.121. The number of amides is 2. The highest BCUT2D eigenvalue weighted by atomic mass is 16.2. The first-order chi connectivity index (χ1) is 9.02. The second-order valence-electron chi connectivity index (χ2n) is 4.56. The molecule has 0 aliphatic heterocycles. The lowest BCUT2D eigenvalue weighted by atomic mass is 10.1. The molecule has 0 bridgehead atoms. The normalized spacial score (nSPS) is 11.7. The zero-order chi connectivity index (χ0) is 14.3. The molecule has 1 aromatic rings. The molecule has 0 saturated heterocycles. The van der Waals surface area contributed by atoms with Gasteiger partial charge in [0.25, 0.3) is 5.91 Å². The van der Waals surface area contributed by atoms with E-state index >= 15 is 0 Å². The number of rotatable bonds is 6. The van der Waals surface area contributed by atoms with Crippen LogP contribution in [-0.4, -0.2) is 31.4 Å². The molecule has 19 heavy (non-hydrogen) atoms. The number of carbonyl (C=O) groups excluding carboxylic acids is 2. The minimum Gasteiger partial charge on any atom is -0.356 e. The minimum absolute atomic E-state index is 0.0440. The molecular weight excluding hydrogens is 242 g/mol. The fraction of sp³-hybridized carbons (Fsp3) is 0.429.